The lowest BCUT2D eigenvalue weighted by Gasteiger charge is -2.13. The smallest absolute Gasteiger partial charge is 0.398 e. The van der Waals surface area contributed by atoms with Crippen LogP contribution in [0, 0.1) is 0 Å². The maximum absolute atomic E-state index is 12.9. The van der Waals surface area contributed by atoms with E-state index in [0.29, 0.717) is 18.4 Å². The Labute approximate surface area is 131 Å². The molecule has 0 amide bonds. The first-order valence-corrected chi connectivity index (χ1v) is 7.17. The summed E-state index contributed by atoms with van der Waals surface area (Å²) in [4.78, 5) is 5.36. The molecule has 1 heterocycles. The number of halogens is 3. The van der Waals surface area contributed by atoms with Gasteiger partial charge in [0.25, 0.3) is 0 Å². The minimum absolute atomic E-state index is 0.269. The molecule has 1 unspecified atom stereocenters. The summed E-state index contributed by atoms with van der Waals surface area (Å²) in [5.74, 6) is 0. The summed E-state index contributed by atoms with van der Waals surface area (Å²) in [5.41, 5.74) is 6.63. The number of anilines is 1. The third kappa shape index (κ3) is 3.47. The van der Waals surface area contributed by atoms with Crippen molar-refractivity contribution in [1.82, 2.24) is 0 Å². The number of hydrogen-bond acceptors (Lipinski definition) is 3. The van der Waals surface area contributed by atoms with E-state index < -0.39 is 11.7 Å². The zero-order valence-corrected chi connectivity index (χ0v) is 12.2. The second kappa shape index (κ2) is 5.95. The lowest BCUT2D eigenvalue weighted by molar-refractivity contribution is -0.137. The number of rotatable bonds is 3. The Morgan fingerprint density at radius 2 is 1.87 bits per heavy atom. The molecule has 0 saturated heterocycles. The van der Waals surface area contributed by atoms with E-state index in [2.05, 4.69) is 5.16 Å². The molecule has 0 aliphatic carbocycles. The molecule has 3 nitrogen and oxygen atoms in total. The van der Waals surface area contributed by atoms with Gasteiger partial charge >= 0.3 is 6.18 Å². The monoisotopic (exact) mass is 320 g/mol. The Morgan fingerprint density at radius 3 is 2.57 bits per heavy atom. The molecule has 23 heavy (non-hydrogen) atoms. The molecular formula is C17H15F3N2O. The van der Waals surface area contributed by atoms with Crippen LogP contribution in [0.2, 0.25) is 0 Å². The van der Waals surface area contributed by atoms with E-state index in [1.54, 1.807) is 6.07 Å². The van der Waals surface area contributed by atoms with Crippen LogP contribution in [0.3, 0.4) is 0 Å². The summed E-state index contributed by atoms with van der Waals surface area (Å²) >= 11 is 0. The molecular weight excluding hydrogens is 305 g/mol. The Morgan fingerprint density at radius 1 is 1.13 bits per heavy atom. The quantitative estimate of drug-likeness (QED) is 0.868. The third-order valence-electron chi connectivity index (χ3n) is 3.73. The van der Waals surface area contributed by atoms with E-state index in [-0.39, 0.29) is 11.8 Å². The summed E-state index contributed by atoms with van der Waals surface area (Å²) in [5, 5.41) is 4.04. The van der Waals surface area contributed by atoms with Gasteiger partial charge in [-0.05, 0) is 23.3 Å². The fourth-order valence-corrected chi connectivity index (χ4v) is 2.58. The first-order chi connectivity index (χ1) is 10.9. The fourth-order valence-electron chi connectivity index (χ4n) is 2.58. The molecule has 0 aromatic heterocycles. The first-order valence-electron chi connectivity index (χ1n) is 7.17. The van der Waals surface area contributed by atoms with Crippen LogP contribution < -0.4 is 5.73 Å². The topological polar surface area (TPSA) is 47.6 Å². The molecule has 120 valence electrons. The number of hydrogen-bond donors (Lipinski definition) is 1. The van der Waals surface area contributed by atoms with E-state index in [9.17, 15) is 13.2 Å². The van der Waals surface area contributed by atoms with Crippen molar-refractivity contribution in [3.63, 3.8) is 0 Å². The van der Waals surface area contributed by atoms with Gasteiger partial charge in [-0.3, -0.25) is 0 Å². The van der Waals surface area contributed by atoms with Gasteiger partial charge in [0.2, 0.25) is 0 Å². The van der Waals surface area contributed by atoms with Gasteiger partial charge in [-0.25, -0.2) is 0 Å². The molecule has 2 aromatic carbocycles. The summed E-state index contributed by atoms with van der Waals surface area (Å²) in [6.07, 6.45) is -3.81. The molecule has 0 spiro atoms. The Balaban J connectivity index is 1.70. The number of alkyl halides is 3. The lowest BCUT2D eigenvalue weighted by atomic mass is 9.98. The summed E-state index contributed by atoms with van der Waals surface area (Å²) in [6.45, 7) is 0. The first kappa shape index (κ1) is 15.4. The highest BCUT2D eigenvalue weighted by molar-refractivity contribution is 6.01. The maximum atomic E-state index is 12.9. The van der Waals surface area contributed by atoms with Crippen molar-refractivity contribution in [2.24, 2.45) is 5.16 Å². The van der Waals surface area contributed by atoms with Crippen LogP contribution in [0.1, 0.15) is 23.1 Å². The van der Waals surface area contributed by atoms with Gasteiger partial charge in [-0.2, -0.15) is 13.2 Å². The van der Waals surface area contributed by atoms with Gasteiger partial charge in [-0.1, -0.05) is 41.6 Å². The van der Waals surface area contributed by atoms with E-state index >= 15 is 0 Å². The van der Waals surface area contributed by atoms with Crippen LogP contribution in [0.15, 0.2) is 53.7 Å². The molecule has 1 atom stereocenters. The molecule has 0 saturated carbocycles. The van der Waals surface area contributed by atoms with Crippen LogP contribution in [0.5, 0.6) is 0 Å². The molecule has 0 fully saturated rings. The molecule has 6 heteroatoms. The summed E-state index contributed by atoms with van der Waals surface area (Å²) < 4.78 is 38.7. The average molecular weight is 320 g/mol. The zero-order chi connectivity index (χ0) is 16.4. The molecule has 1 aliphatic rings. The van der Waals surface area contributed by atoms with Crippen LogP contribution >= 0.6 is 0 Å². The molecule has 3 rings (SSSR count). The predicted molar refractivity (Wildman–Crippen MR) is 82.0 cm³/mol. The Bertz CT molecular complexity index is 726. The van der Waals surface area contributed by atoms with Crippen LogP contribution in [0.4, 0.5) is 18.9 Å². The summed E-state index contributed by atoms with van der Waals surface area (Å²) in [6, 6.07) is 13.5. The van der Waals surface area contributed by atoms with Crippen molar-refractivity contribution >= 4 is 11.4 Å². The molecule has 2 N–H and O–H groups in total. The highest BCUT2D eigenvalue weighted by Gasteiger charge is 2.33. The fraction of sp³-hybridized carbons (Fsp3) is 0.235. The van der Waals surface area contributed by atoms with Crippen molar-refractivity contribution in [3.8, 4) is 0 Å². The number of benzene rings is 2. The van der Waals surface area contributed by atoms with Gasteiger partial charge in [0, 0.05) is 18.5 Å². The van der Waals surface area contributed by atoms with Crippen molar-refractivity contribution in [2.45, 2.75) is 25.1 Å². The zero-order valence-electron chi connectivity index (χ0n) is 12.2. The number of oxime groups is 1. The molecule has 0 bridgehead atoms. The largest absolute Gasteiger partial charge is 0.418 e. The normalized spacial score (nSPS) is 17.7. The molecule has 0 radical (unpaired) electrons. The van der Waals surface area contributed by atoms with E-state index in [4.69, 9.17) is 10.6 Å². The lowest BCUT2D eigenvalue weighted by Crippen LogP contribution is -2.14. The third-order valence-corrected chi connectivity index (χ3v) is 3.73. The van der Waals surface area contributed by atoms with E-state index in [1.165, 1.54) is 6.07 Å². The summed E-state index contributed by atoms with van der Waals surface area (Å²) in [7, 11) is 0. The molecule has 2 aromatic rings. The number of nitrogens with two attached hydrogens (primary N) is 1. The van der Waals surface area contributed by atoms with Crippen molar-refractivity contribution < 1.29 is 18.0 Å². The van der Waals surface area contributed by atoms with Crippen LogP contribution in [-0.4, -0.2) is 11.8 Å². The van der Waals surface area contributed by atoms with Gasteiger partial charge in [-0.15, -0.1) is 0 Å². The van der Waals surface area contributed by atoms with Gasteiger partial charge in [0.15, 0.2) is 0 Å². The van der Waals surface area contributed by atoms with E-state index in [0.717, 1.165) is 17.3 Å². The van der Waals surface area contributed by atoms with Crippen molar-refractivity contribution in [3.05, 3.63) is 65.2 Å². The highest BCUT2D eigenvalue weighted by atomic mass is 19.4. The van der Waals surface area contributed by atoms with Gasteiger partial charge < -0.3 is 10.6 Å². The van der Waals surface area contributed by atoms with E-state index in [1.807, 2.05) is 30.3 Å². The van der Waals surface area contributed by atoms with Gasteiger partial charge in [0.05, 0.1) is 11.3 Å². The SMILES string of the molecule is Nc1ccc(CC2CC(c3ccccc3)=NO2)cc1C(F)(F)F. The second-order valence-corrected chi connectivity index (χ2v) is 5.46. The second-order valence-electron chi connectivity index (χ2n) is 5.46. The number of nitrogens with zero attached hydrogens (tertiary/aromatic N) is 1. The maximum Gasteiger partial charge on any atom is 0.418 e. The van der Waals surface area contributed by atoms with Gasteiger partial charge in [0.1, 0.15) is 6.10 Å². The Kier molecular flexibility index (Phi) is 3.98. The minimum Gasteiger partial charge on any atom is -0.398 e. The Hall–Kier alpha value is -2.50. The average Bonchev–Trinajstić information content (AvgIpc) is 2.97. The van der Waals surface area contributed by atoms with Crippen LogP contribution in [-0.2, 0) is 17.4 Å². The van der Waals surface area contributed by atoms with Crippen molar-refractivity contribution in [1.29, 1.82) is 0 Å². The number of nitrogen functional groups attached to an aromatic ring is 1. The van der Waals surface area contributed by atoms with Crippen LogP contribution in [0.25, 0.3) is 0 Å². The molecule has 1 aliphatic heterocycles. The predicted octanol–water partition coefficient (Wildman–Crippen LogP) is 4.02. The van der Waals surface area contributed by atoms with Crippen molar-refractivity contribution in [2.75, 3.05) is 5.73 Å². The standard InChI is InChI=1S/C17H15F3N2O/c18-17(19,20)14-9-11(6-7-15(14)21)8-13-10-16(22-23-13)12-4-2-1-3-5-12/h1-7,9,13H,8,10,21H2. The minimum atomic E-state index is -4.46. The highest BCUT2D eigenvalue weighted by Crippen LogP contribution is 2.34.